The number of hydrogen-bond acceptors (Lipinski definition) is 3. The zero-order valence-electron chi connectivity index (χ0n) is 12.5. The Labute approximate surface area is 136 Å². The Morgan fingerprint density at radius 1 is 1.12 bits per heavy atom. The molecule has 7 heteroatoms. The van der Waals surface area contributed by atoms with Crippen LogP contribution in [-0.2, 0) is 17.5 Å². The molecule has 1 aliphatic rings. The SMILES string of the molecule is O=C(NCc1ccc(C(F)(F)F)cc1)C1=Nc2ccccc2NC1. The van der Waals surface area contributed by atoms with Crippen molar-refractivity contribution in [1.82, 2.24) is 5.32 Å². The summed E-state index contributed by atoms with van der Waals surface area (Å²) in [7, 11) is 0. The Hall–Kier alpha value is -2.83. The minimum atomic E-state index is -4.36. The summed E-state index contributed by atoms with van der Waals surface area (Å²) in [6.07, 6.45) is -4.36. The molecule has 0 aliphatic carbocycles. The van der Waals surface area contributed by atoms with Gasteiger partial charge >= 0.3 is 6.18 Å². The van der Waals surface area contributed by atoms with Crippen LogP contribution in [0.2, 0.25) is 0 Å². The molecule has 0 aromatic heterocycles. The second kappa shape index (κ2) is 6.35. The molecular weight excluding hydrogens is 319 g/mol. The van der Waals surface area contributed by atoms with Gasteiger partial charge in [-0.05, 0) is 29.8 Å². The number of amides is 1. The van der Waals surface area contributed by atoms with Crippen LogP contribution in [0.1, 0.15) is 11.1 Å². The quantitative estimate of drug-likeness (QED) is 0.903. The first kappa shape index (κ1) is 16.0. The number of benzene rings is 2. The lowest BCUT2D eigenvalue weighted by atomic mass is 10.1. The van der Waals surface area contributed by atoms with Crippen LogP contribution < -0.4 is 10.6 Å². The summed E-state index contributed by atoms with van der Waals surface area (Å²) in [5.74, 6) is -0.350. The average molecular weight is 333 g/mol. The van der Waals surface area contributed by atoms with Gasteiger partial charge in [0.25, 0.3) is 5.91 Å². The second-order valence-electron chi connectivity index (χ2n) is 5.31. The maximum Gasteiger partial charge on any atom is 0.416 e. The summed E-state index contributed by atoms with van der Waals surface area (Å²) in [5, 5.41) is 5.77. The Morgan fingerprint density at radius 3 is 2.54 bits per heavy atom. The molecule has 0 atom stereocenters. The van der Waals surface area contributed by atoms with Gasteiger partial charge < -0.3 is 10.6 Å². The van der Waals surface area contributed by atoms with Crippen LogP contribution in [0.3, 0.4) is 0 Å². The van der Waals surface area contributed by atoms with Crippen LogP contribution in [0.15, 0.2) is 53.5 Å². The van der Waals surface area contributed by atoms with Crippen molar-refractivity contribution >= 4 is 23.0 Å². The van der Waals surface area contributed by atoms with Gasteiger partial charge in [0.2, 0.25) is 0 Å². The highest BCUT2D eigenvalue weighted by molar-refractivity contribution is 6.41. The van der Waals surface area contributed by atoms with Gasteiger partial charge in [-0.2, -0.15) is 13.2 Å². The first-order valence-corrected chi connectivity index (χ1v) is 7.28. The van der Waals surface area contributed by atoms with E-state index in [1.165, 1.54) is 12.1 Å². The standard InChI is InChI=1S/C17H14F3N3O/c18-17(19,20)12-7-5-11(6-8-12)9-22-16(24)15-10-21-13-3-1-2-4-14(13)23-15/h1-8,21H,9-10H2,(H,22,24). The molecule has 0 fully saturated rings. The maximum absolute atomic E-state index is 12.5. The van der Waals surface area contributed by atoms with E-state index in [1.807, 2.05) is 18.2 Å². The van der Waals surface area contributed by atoms with Gasteiger partial charge in [0, 0.05) is 6.54 Å². The van der Waals surface area contributed by atoms with Gasteiger partial charge in [0.05, 0.1) is 23.5 Å². The predicted octanol–water partition coefficient (Wildman–Crippen LogP) is 3.52. The van der Waals surface area contributed by atoms with Crippen LogP contribution in [0, 0.1) is 0 Å². The smallest absolute Gasteiger partial charge is 0.377 e. The number of rotatable bonds is 3. The van der Waals surface area contributed by atoms with E-state index in [9.17, 15) is 18.0 Å². The number of nitrogens with zero attached hydrogens (tertiary/aromatic N) is 1. The molecule has 1 heterocycles. The van der Waals surface area contributed by atoms with Gasteiger partial charge in [-0.3, -0.25) is 4.79 Å². The molecule has 4 nitrogen and oxygen atoms in total. The van der Waals surface area contributed by atoms with E-state index < -0.39 is 11.7 Å². The van der Waals surface area contributed by atoms with E-state index in [2.05, 4.69) is 15.6 Å². The molecule has 2 N–H and O–H groups in total. The first-order valence-electron chi connectivity index (χ1n) is 7.28. The summed E-state index contributed by atoms with van der Waals surface area (Å²) in [6.45, 7) is 0.438. The van der Waals surface area contributed by atoms with E-state index in [-0.39, 0.29) is 12.5 Å². The topological polar surface area (TPSA) is 53.5 Å². The van der Waals surface area contributed by atoms with Crippen molar-refractivity contribution in [2.45, 2.75) is 12.7 Å². The van der Waals surface area contributed by atoms with E-state index in [4.69, 9.17) is 0 Å². The Bertz CT molecular complexity index is 782. The fourth-order valence-electron chi connectivity index (χ4n) is 2.31. The second-order valence-corrected chi connectivity index (χ2v) is 5.31. The number of nitrogens with one attached hydrogen (secondary N) is 2. The molecule has 2 aromatic carbocycles. The third-order valence-electron chi connectivity index (χ3n) is 3.60. The monoisotopic (exact) mass is 333 g/mol. The number of para-hydroxylation sites is 2. The van der Waals surface area contributed by atoms with Crippen LogP contribution in [0.25, 0.3) is 0 Å². The van der Waals surface area contributed by atoms with Crippen molar-refractivity contribution in [2.24, 2.45) is 4.99 Å². The molecule has 0 saturated heterocycles. The number of halogens is 3. The summed E-state index contributed by atoms with van der Waals surface area (Å²) in [4.78, 5) is 16.4. The Balaban J connectivity index is 1.63. The first-order chi connectivity index (χ1) is 11.4. The molecule has 1 amide bonds. The lowest BCUT2D eigenvalue weighted by Gasteiger charge is -2.17. The van der Waals surface area contributed by atoms with E-state index >= 15 is 0 Å². The fourth-order valence-corrected chi connectivity index (χ4v) is 2.31. The van der Waals surface area contributed by atoms with Crippen molar-refractivity contribution in [3.8, 4) is 0 Å². The number of anilines is 1. The van der Waals surface area contributed by atoms with Crippen LogP contribution in [0.5, 0.6) is 0 Å². The number of aliphatic imine (C=N–C) groups is 1. The predicted molar refractivity (Wildman–Crippen MR) is 85.3 cm³/mol. The molecule has 0 bridgehead atoms. The third kappa shape index (κ3) is 3.56. The molecule has 2 aromatic rings. The van der Waals surface area contributed by atoms with E-state index in [0.29, 0.717) is 23.5 Å². The highest BCUT2D eigenvalue weighted by Gasteiger charge is 2.29. The van der Waals surface area contributed by atoms with Gasteiger partial charge in [-0.1, -0.05) is 24.3 Å². The zero-order chi connectivity index (χ0) is 17.2. The minimum Gasteiger partial charge on any atom is -0.377 e. The van der Waals surface area contributed by atoms with E-state index in [0.717, 1.165) is 17.8 Å². The van der Waals surface area contributed by atoms with Gasteiger partial charge in [-0.25, -0.2) is 4.99 Å². The summed E-state index contributed by atoms with van der Waals surface area (Å²) in [5.41, 5.74) is 1.75. The van der Waals surface area contributed by atoms with Crippen molar-refractivity contribution in [2.75, 3.05) is 11.9 Å². The van der Waals surface area contributed by atoms with Crippen LogP contribution in [0.4, 0.5) is 24.5 Å². The summed E-state index contributed by atoms with van der Waals surface area (Å²) >= 11 is 0. The highest BCUT2D eigenvalue weighted by Crippen LogP contribution is 2.29. The molecular formula is C17H14F3N3O. The van der Waals surface area contributed by atoms with Gasteiger partial charge in [-0.15, -0.1) is 0 Å². The largest absolute Gasteiger partial charge is 0.416 e. The summed E-state index contributed by atoms with van der Waals surface area (Å²) in [6, 6.07) is 12.1. The fraction of sp³-hybridized carbons (Fsp3) is 0.176. The normalized spacial score (nSPS) is 13.5. The van der Waals surface area contributed by atoms with E-state index in [1.54, 1.807) is 6.07 Å². The van der Waals surface area contributed by atoms with Gasteiger partial charge in [0.15, 0.2) is 0 Å². The molecule has 0 spiro atoms. The van der Waals surface area contributed by atoms with Crippen molar-refractivity contribution in [1.29, 1.82) is 0 Å². The molecule has 0 radical (unpaired) electrons. The van der Waals surface area contributed by atoms with Crippen molar-refractivity contribution in [3.05, 3.63) is 59.7 Å². The molecule has 0 unspecified atom stereocenters. The lowest BCUT2D eigenvalue weighted by Crippen LogP contribution is -2.35. The summed E-state index contributed by atoms with van der Waals surface area (Å²) < 4.78 is 37.5. The number of carbonyl (C=O) groups is 1. The maximum atomic E-state index is 12.5. The van der Waals surface area contributed by atoms with Crippen LogP contribution >= 0.6 is 0 Å². The molecule has 1 aliphatic heterocycles. The zero-order valence-corrected chi connectivity index (χ0v) is 12.5. The number of fused-ring (bicyclic) bond motifs is 1. The van der Waals surface area contributed by atoms with Crippen molar-refractivity contribution < 1.29 is 18.0 Å². The number of hydrogen-bond donors (Lipinski definition) is 2. The van der Waals surface area contributed by atoms with Gasteiger partial charge in [0.1, 0.15) is 5.71 Å². The number of alkyl halides is 3. The molecule has 124 valence electrons. The molecule has 3 rings (SSSR count). The Morgan fingerprint density at radius 2 is 1.83 bits per heavy atom. The van der Waals surface area contributed by atoms with Crippen molar-refractivity contribution in [3.63, 3.8) is 0 Å². The number of carbonyl (C=O) groups excluding carboxylic acids is 1. The molecule has 0 saturated carbocycles. The molecule has 24 heavy (non-hydrogen) atoms. The Kier molecular flexibility index (Phi) is 4.24. The van der Waals surface area contributed by atoms with Crippen LogP contribution in [-0.4, -0.2) is 18.2 Å². The minimum absolute atomic E-state index is 0.137. The third-order valence-corrected chi connectivity index (χ3v) is 3.60. The highest BCUT2D eigenvalue weighted by atomic mass is 19.4. The lowest BCUT2D eigenvalue weighted by molar-refractivity contribution is -0.137. The average Bonchev–Trinajstić information content (AvgIpc) is 2.59.